The van der Waals surface area contributed by atoms with E-state index in [9.17, 15) is 14.4 Å². The molecule has 6 heteroatoms. The van der Waals surface area contributed by atoms with E-state index in [4.69, 9.17) is 14.2 Å². The monoisotopic (exact) mass is 1160 g/mol. The molecule has 83 heavy (non-hydrogen) atoms. The van der Waals surface area contributed by atoms with Gasteiger partial charge in [-0.1, -0.05) is 349 Å². The third-order valence-corrected chi connectivity index (χ3v) is 15.6. The Morgan fingerprint density at radius 1 is 0.253 bits per heavy atom. The fourth-order valence-corrected chi connectivity index (χ4v) is 10.3. The predicted molar refractivity (Wildman–Crippen MR) is 362 cm³/mol. The number of allylic oxidation sites excluding steroid dienone is 16. The molecule has 0 bridgehead atoms. The molecular weight excluding hydrogens is 1020 g/mol. The second kappa shape index (κ2) is 70.8. The first-order valence-electron chi connectivity index (χ1n) is 35.7. The summed E-state index contributed by atoms with van der Waals surface area (Å²) in [6.07, 6.45) is 95.8. The summed E-state index contributed by atoms with van der Waals surface area (Å²) in [6.45, 7) is 6.56. The third kappa shape index (κ3) is 69.0. The summed E-state index contributed by atoms with van der Waals surface area (Å²) < 4.78 is 17.0. The van der Waals surface area contributed by atoms with Crippen LogP contribution in [0.1, 0.15) is 355 Å². The van der Waals surface area contributed by atoms with Crippen molar-refractivity contribution in [2.75, 3.05) is 13.2 Å². The normalized spacial score (nSPS) is 12.7. The molecule has 0 aliphatic rings. The minimum atomic E-state index is -0.782. The molecule has 0 N–H and O–H groups in total. The molecule has 0 fully saturated rings. The Balaban J connectivity index is 4.28. The topological polar surface area (TPSA) is 78.9 Å². The van der Waals surface area contributed by atoms with E-state index in [-0.39, 0.29) is 31.1 Å². The van der Waals surface area contributed by atoms with Crippen molar-refractivity contribution in [3.63, 3.8) is 0 Å². The fraction of sp³-hybridized carbons (Fsp3) is 0.753. The third-order valence-electron chi connectivity index (χ3n) is 15.6. The number of hydrogen-bond acceptors (Lipinski definition) is 6. The lowest BCUT2D eigenvalue weighted by Crippen LogP contribution is -2.30. The molecule has 478 valence electrons. The highest BCUT2D eigenvalue weighted by molar-refractivity contribution is 5.71. The van der Waals surface area contributed by atoms with Crippen molar-refractivity contribution < 1.29 is 28.6 Å². The van der Waals surface area contributed by atoms with E-state index >= 15 is 0 Å². The van der Waals surface area contributed by atoms with Crippen molar-refractivity contribution in [1.29, 1.82) is 0 Å². The van der Waals surface area contributed by atoms with Crippen LogP contribution in [0.4, 0.5) is 0 Å². The van der Waals surface area contributed by atoms with Gasteiger partial charge in [-0.15, -0.1) is 0 Å². The minimum Gasteiger partial charge on any atom is -0.462 e. The molecular formula is C77H134O6. The first-order valence-corrected chi connectivity index (χ1v) is 35.7. The second-order valence-corrected chi connectivity index (χ2v) is 23.8. The first-order chi connectivity index (χ1) is 41.0. The van der Waals surface area contributed by atoms with Gasteiger partial charge in [0.25, 0.3) is 0 Å². The fourth-order valence-electron chi connectivity index (χ4n) is 10.3. The van der Waals surface area contributed by atoms with E-state index in [0.717, 1.165) is 122 Å². The number of rotatable bonds is 65. The van der Waals surface area contributed by atoms with Crippen LogP contribution < -0.4 is 0 Å². The van der Waals surface area contributed by atoms with Crippen LogP contribution in [0.5, 0.6) is 0 Å². The van der Waals surface area contributed by atoms with E-state index in [1.165, 1.54) is 193 Å². The first kappa shape index (κ1) is 79.3. The summed E-state index contributed by atoms with van der Waals surface area (Å²) >= 11 is 0. The van der Waals surface area contributed by atoms with Crippen molar-refractivity contribution >= 4 is 17.9 Å². The molecule has 0 heterocycles. The quantitative estimate of drug-likeness (QED) is 0.0261. The molecule has 1 unspecified atom stereocenters. The van der Waals surface area contributed by atoms with Crippen LogP contribution in [-0.4, -0.2) is 37.2 Å². The Kier molecular flexibility index (Phi) is 67.7. The minimum absolute atomic E-state index is 0.0770. The van der Waals surface area contributed by atoms with Gasteiger partial charge >= 0.3 is 17.9 Å². The van der Waals surface area contributed by atoms with Gasteiger partial charge < -0.3 is 14.2 Å². The van der Waals surface area contributed by atoms with Crippen molar-refractivity contribution in [3.8, 4) is 0 Å². The largest absolute Gasteiger partial charge is 0.462 e. The zero-order chi connectivity index (χ0) is 59.9. The maximum atomic E-state index is 13.0. The number of ether oxygens (including phenoxy) is 3. The van der Waals surface area contributed by atoms with Gasteiger partial charge in [0, 0.05) is 19.3 Å². The number of carbonyl (C=O) groups is 3. The average Bonchev–Trinajstić information content (AvgIpc) is 3.49. The van der Waals surface area contributed by atoms with Gasteiger partial charge in [-0.25, -0.2) is 0 Å². The van der Waals surface area contributed by atoms with E-state index in [1.807, 2.05) is 0 Å². The highest BCUT2D eigenvalue weighted by atomic mass is 16.6. The molecule has 0 spiro atoms. The molecule has 0 aliphatic heterocycles. The summed E-state index contributed by atoms with van der Waals surface area (Å²) in [7, 11) is 0. The van der Waals surface area contributed by atoms with Gasteiger partial charge in [0.1, 0.15) is 13.2 Å². The van der Waals surface area contributed by atoms with E-state index in [0.29, 0.717) is 19.3 Å². The zero-order valence-electron chi connectivity index (χ0n) is 54.9. The molecule has 0 aromatic heterocycles. The molecule has 0 saturated heterocycles. The van der Waals surface area contributed by atoms with Crippen molar-refractivity contribution in [2.45, 2.75) is 361 Å². The molecule has 0 radical (unpaired) electrons. The standard InChI is InChI=1S/C77H134O6/c1-4-7-10-13-16-19-22-25-27-29-31-33-35-36-37-38-39-40-41-42-43-45-46-48-50-52-55-58-61-64-67-70-76(79)82-73-74(72-81-75(78)69-66-63-60-57-54-24-21-18-15-12-9-6-3)83-77(80)71-68-65-62-59-56-53-51-49-47-44-34-32-30-28-26-23-20-17-14-11-8-5-2/h7,10,16,19,25,27,31,33,36-37,39-40,42-43,46,48,74H,4-6,8-9,11-15,17-18,20-24,26,28-30,32,34-35,38,41,44-45,47,49-73H2,1-3H3/b10-7-,19-16-,27-25-,33-31-,37-36-,40-39-,43-42-,48-46-. The molecule has 0 saturated carbocycles. The SMILES string of the molecule is CC/C=C\C/C=C\C/C=C\C/C=C\C/C=C\C/C=C\C/C=C\C/C=C\CCCCCCCCC(=O)OCC(COC(=O)CCCCCCCCCCCCCC)OC(=O)CCCCCCCCCCCCCCCCCCCCCCCC. The Hall–Kier alpha value is -3.67. The smallest absolute Gasteiger partial charge is 0.306 e. The van der Waals surface area contributed by atoms with Crippen LogP contribution in [0, 0.1) is 0 Å². The lowest BCUT2D eigenvalue weighted by molar-refractivity contribution is -0.167. The summed E-state index contributed by atoms with van der Waals surface area (Å²) in [5.41, 5.74) is 0. The Bertz CT molecular complexity index is 1610. The van der Waals surface area contributed by atoms with Gasteiger partial charge in [0.2, 0.25) is 0 Å². The van der Waals surface area contributed by atoms with Crippen LogP contribution in [0.15, 0.2) is 97.2 Å². The zero-order valence-corrected chi connectivity index (χ0v) is 54.9. The van der Waals surface area contributed by atoms with Gasteiger partial charge in [0.15, 0.2) is 6.10 Å². The number of carbonyl (C=O) groups excluding carboxylic acids is 3. The molecule has 0 aliphatic carbocycles. The summed E-state index contributed by atoms with van der Waals surface area (Å²) in [5, 5.41) is 0. The van der Waals surface area contributed by atoms with Crippen molar-refractivity contribution in [2.24, 2.45) is 0 Å². The highest BCUT2D eigenvalue weighted by Crippen LogP contribution is 2.18. The van der Waals surface area contributed by atoms with Gasteiger partial charge in [-0.05, 0) is 83.5 Å². The van der Waals surface area contributed by atoms with E-state index in [1.54, 1.807) is 0 Å². The number of esters is 3. The number of unbranched alkanes of at least 4 members (excludes halogenated alkanes) is 38. The number of hydrogen-bond donors (Lipinski definition) is 0. The highest BCUT2D eigenvalue weighted by Gasteiger charge is 2.19. The molecule has 1 atom stereocenters. The van der Waals surface area contributed by atoms with Crippen LogP contribution >= 0.6 is 0 Å². The van der Waals surface area contributed by atoms with Crippen molar-refractivity contribution in [1.82, 2.24) is 0 Å². The summed E-state index contributed by atoms with van der Waals surface area (Å²) in [5.74, 6) is -0.873. The molecule has 0 aromatic rings. The van der Waals surface area contributed by atoms with Crippen LogP contribution in [-0.2, 0) is 28.6 Å². The lowest BCUT2D eigenvalue weighted by atomic mass is 10.0. The molecule has 6 nitrogen and oxygen atoms in total. The van der Waals surface area contributed by atoms with E-state index < -0.39 is 6.10 Å². The predicted octanol–water partition coefficient (Wildman–Crippen LogP) is 24.8. The summed E-state index contributed by atoms with van der Waals surface area (Å²) in [4.78, 5) is 38.4. The molecule has 0 rings (SSSR count). The van der Waals surface area contributed by atoms with Gasteiger partial charge in [-0.2, -0.15) is 0 Å². The Morgan fingerprint density at radius 3 is 0.735 bits per heavy atom. The van der Waals surface area contributed by atoms with Crippen LogP contribution in [0.3, 0.4) is 0 Å². The Labute approximate surface area is 515 Å². The lowest BCUT2D eigenvalue weighted by Gasteiger charge is -2.18. The maximum Gasteiger partial charge on any atom is 0.306 e. The van der Waals surface area contributed by atoms with Crippen LogP contribution in [0.2, 0.25) is 0 Å². The van der Waals surface area contributed by atoms with Gasteiger partial charge in [0.05, 0.1) is 0 Å². The maximum absolute atomic E-state index is 13.0. The average molecular weight is 1160 g/mol. The summed E-state index contributed by atoms with van der Waals surface area (Å²) in [6, 6.07) is 0. The van der Waals surface area contributed by atoms with Crippen LogP contribution in [0.25, 0.3) is 0 Å². The Morgan fingerprint density at radius 2 is 0.470 bits per heavy atom. The van der Waals surface area contributed by atoms with E-state index in [2.05, 4.69) is 118 Å². The van der Waals surface area contributed by atoms with Crippen molar-refractivity contribution in [3.05, 3.63) is 97.2 Å². The second-order valence-electron chi connectivity index (χ2n) is 23.8. The van der Waals surface area contributed by atoms with Gasteiger partial charge in [-0.3, -0.25) is 14.4 Å². The molecule has 0 aromatic carbocycles. The molecule has 0 amide bonds.